The van der Waals surface area contributed by atoms with Gasteiger partial charge in [-0.05, 0) is 61.7 Å². The number of ether oxygens (including phenoxy) is 2. The predicted molar refractivity (Wildman–Crippen MR) is 116 cm³/mol. The first-order valence-corrected chi connectivity index (χ1v) is 12.2. The summed E-state index contributed by atoms with van der Waals surface area (Å²) in [6, 6.07) is 10.2. The molecule has 0 saturated carbocycles. The van der Waals surface area contributed by atoms with Crippen molar-refractivity contribution in [3.8, 4) is 11.5 Å². The Labute approximate surface area is 187 Å². The van der Waals surface area contributed by atoms with Crippen molar-refractivity contribution in [2.75, 3.05) is 26.3 Å². The molecule has 2 aliphatic rings. The first kappa shape index (κ1) is 22.5. The maximum Gasteiger partial charge on any atom is 0.243 e. The van der Waals surface area contributed by atoms with Crippen molar-refractivity contribution in [2.45, 2.75) is 37.1 Å². The molecule has 2 aromatic carbocycles. The topological polar surface area (TPSA) is 84.9 Å². The van der Waals surface area contributed by atoms with Gasteiger partial charge in [-0.25, -0.2) is 12.8 Å². The van der Waals surface area contributed by atoms with Crippen LogP contribution in [-0.4, -0.2) is 44.9 Å². The molecule has 7 nitrogen and oxygen atoms in total. The van der Waals surface area contributed by atoms with E-state index >= 15 is 0 Å². The summed E-state index contributed by atoms with van der Waals surface area (Å²) in [5.74, 6) is 0.544. The van der Waals surface area contributed by atoms with E-state index in [-0.39, 0.29) is 35.9 Å². The Balaban J connectivity index is 1.34. The van der Waals surface area contributed by atoms with Gasteiger partial charge >= 0.3 is 0 Å². The van der Waals surface area contributed by atoms with Crippen LogP contribution in [0, 0.1) is 11.7 Å². The van der Waals surface area contributed by atoms with Crippen molar-refractivity contribution in [3.63, 3.8) is 0 Å². The van der Waals surface area contributed by atoms with Crippen molar-refractivity contribution >= 4 is 15.9 Å². The van der Waals surface area contributed by atoms with E-state index in [0.717, 1.165) is 24.1 Å². The molecular formula is C23H27FN2O5S. The molecule has 172 valence electrons. The molecule has 1 unspecified atom stereocenters. The highest BCUT2D eigenvalue weighted by molar-refractivity contribution is 7.89. The zero-order chi connectivity index (χ0) is 22.7. The number of piperidine rings is 1. The van der Waals surface area contributed by atoms with Crippen molar-refractivity contribution in [1.29, 1.82) is 0 Å². The third kappa shape index (κ3) is 4.88. The molecule has 1 saturated heterocycles. The molecule has 2 aromatic rings. The summed E-state index contributed by atoms with van der Waals surface area (Å²) in [5.41, 5.74) is 0.916. The molecule has 9 heteroatoms. The smallest absolute Gasteiger partial charge is 0.243 e. The van der Waals surface area contributed by atoms with Gasteiger partial charge in [-0.1, -0.05) is 6.07 Å². The summed E-state index contributed by atoms with van der Waals surface area (Å²) >= 11 is 0. The number of nitrogens with one attached hydrogen (secondary N) is 1. The van der Waals surface area contributed by atoms with Crippen LogP contribution in [0.1, 0.15) is 37.8 Å². The fourth-order valence-electron chi connectivity index (χ4n) is 3.98. The van der Waals surface area contributed by atoms with Crippen LogP contribution in [-0.2, 0) is 14.8 Å². The monoisotopic (exact) mass is 462 g/mol. The van der Waals surface area contributed by atoms with E-state index in [1.54, 1.807) is 0 Å². The predicted octanol–water partition coefficient (Wildman–Crippen LogP) is 3.27. The number of fused-ring (bicyclic) bond motifs is 1. The van der Waals surface area contributed by atoms with Gasteiger partial charge in [0.1, 0.15) is 5.82 Å². The average molecular weight is 463 g/mol. The van der Waals surface area contributed by atoms with Crippen LogP contribution < -0.4 is 14.8 Å². The summed E-state index contributed by atoms with van der Waals surface area (Å²) in [7, 11) is -3.70. The molecule has 0 spiro atoms. The van der Waals surface area contributed by atoms with Gasteiger partial charge in [0.2, 0.25) is 15.9 Å². The lowest BCUT2D eigenvalue weighted by Gasteiger charge is -2.31. The second kappa shape index (κ2) is 9.46. The van der Waals surface area contributed by atoms with Gasteiger partial charge in [-0.3, -0.25) is 4.79 Å². The minimum absolute atomic E-state index is 0.0600. The number of amides is 1. The molecule has 2 heterocycles. The maximum absolute atomic E-state index is 13.1. The summed E-state index contributed by atoms with van der Waals surface area (Å²) in [6.07, 6.45) is 1.69. The number of carbonyl (C=O) groups is 1. The molecule has 4 rings (SSSR count). The molecule has 0 bridgehead atoms. The molecule has 0 aliphatic carbocycles. The van der Waals surface area contributed by atoms with Gasteiger partial charge in [0.15, 0.2) is 11.5 Å². The van der Waals surface area contributed by atoms with E-state index in [9.17, 15) is 17.6 Å². The quantitative estimate of drug-likeness (QED) is 0.737. The molecule has 1 amide bonds. The van der Waals surface area contributed by atoms with E-state index in [4.69, 9.17) is 9.47 Å². The van der Waals surface area contributed by atoms with Crippen molar-refractivity contribution < 1.29 is 27.1 Å². The number of hydrogen-bond acceptors (Lipinski definition) is 5. The second-order valence-corrected chi connectivity index (χ2v) is 10.1. The minimum Gasteiger partial charge on any atom is -0.490 e. The molecule has 1 fully saturated rings. The SMILES string of the molecule is CC(NC(=O)C1CCN(S(=O)(=O)c2ccc(F)cc2)CC1)c1ccc2c(c1)OCCCO2. The number of nitrogens with zero attached hydrogens (tertiary/aromatic N) is 1. The van der Waals surface area contributed by atoms with Gasteiger partial charge in [-0.15, -0.1) is 0 Å². The Bertz CT molecular complexity index is 1070. The molecule has 1 atom stereocenters. The van der Waals surface area contributed by atoms with Crippen LogP contribution in [0.15, 0.2) is 47.4 Å². The number of sulfonamides is 1. The van der Waals surface area contributed by atoms with Gasteiger partial charge in [-0.2, -0.15) is 4.31 Å². The van der Waals surface area contributed by atoms with Crippen LogP contribution >= 0.6 is 0 Å². The second-order valence-electron chi connectivity index (χ2n) is 8.12. The van der Waals surface area contributed by atoms with E-state index in [1.165, 1.54) is 16.4 Å². The van der Waals surface area contributed by atoms with Gasteiger partial charge in [0, 0.05) is 25.4 Å². The Hall–Kier alpha value is -2.65. The Kier molecular flexibility index (Phi) is 6.66. The zero-order valence-electron chi connectivity index (χ0n) is 17.9. The summed E-state index contributed by atoms with van der Waals surface area (Å²) < 4.78 is 51.4. The highest BCUT2D eigenvalue weighted by atomic mass is 32.2. The summed E-state index contributed by atoms with van der Waals surface area (Å²) in [5, 5.41) is 3.03. The van der Waals surface area contributed by atoms with E-state index < -0.39 is 15.8 Å². The first-order valence-electron chi connectivity index (χ1n) is 10.8. The van der Waals surface area contributed by atoms with Crippen LogP contribution in [0.4, 0.5) is 4.39 Å². The van der Waals surface area contributed by atoms with Crippen LogP contribution in [0.3, 0.4) is 0 Å². The lowest BCUT2D eigenvalue weighted by atomic mass is 9.96. The standard InChI is InChI=1S/C23H27FN2O5S/c1-16(18-3-8-21-22(15-18)31-14-2-13-30-21)25-23(27)17-9-11-26(12-10-17)32(28,29)20-6-4-19(24)5-7-20/h3-8,15-17H,2,9-14H2,1H3,(H,25,27). The highest BCUT2D eigenvalue weighted by Gasteiger charge is 2.32. The number of halogens is 1. The highest BCUT2D eigenvalue weighted by Crippen LogP contribution is 2.32. The number of carbonyl (C=O) groups excluding carboxylic acids is 1. The number of rotatable bonds is 5. The van der Waals surface area contributed by atoms with Crippen molar-refractivity contribution in [3.05, 3.63) is 53.8 Å². The normalized spacial score (nSPS) is 18.6. The van der Waals surface area contributed by atoms with Crippen molar-refractivity contribution in [2.24, 2.45) is 5.92 Å². The third-order valence-electron chi connectivity index (χ3n) is 5.91. The lowest BCUT2D eigenvalue weighted by molar-refractivity contribution is -0.126. The lowest BCUT2D eigenvalue weighted by Crippen LogP contribution is -2.43. The molecule has 2 aliphatic heterocycles. The van der Waals surface area contributed by atoms with E-state index in [1.807, 2.05) is 25.1 Å². The van der Waals surface area contributed by atoms with Crippen LogP contribution in [0.2, 0.25) is 0 Å². The minimum atomic E-state index is -3.70. The van der Waals surface area contributed by atoms with E-state index in [0.29, 0.717) is 37.6 Å². The first-order chi connectivity index (χ1) is 15.3. The van der Waals surface area contributed by atoms with Crippen molar-refractivity contribution in [1.82, 2.24) is 9.62 Å². The van der Waals surface area contributed by atoms with Gasteiger partial charge < -0.3 is 14.8 Å². The molecule has 32 heavy (non-hydrogen) atoms. The number of hydrogen-bond donors (Lipinski definition) is 1. The zero-order valence-corrected chi connectivity index (χ0v) is 18.7. The Morgan fingerprint density at radius 1 is 1.06 bits per heavy atom. The molecule has 0 aromatic heterocycles. The average Bonchev–Trinajstić information content (AvgIpc) is 3.04. The fourth-order valence-corrected chi connectivity index (χ4v) is 5.45. The molecular weight excluding hydrogens is 435 g/mol. The fraction of sp³-hybridized carbons (Fsp3) is 0.435. The molecule has 0 radical (unpaired) electrons. The maximum atomic E-state index is 13.1. The van der Waals surface area contributed by atoms with Crippen LogP contribution in [0.25, 0.3) is 0 Å². The summed E-state index contributed by atoms with van der Waals surface area (Å²) in [6.45, 7) is 3.61. The van der Waals surface area contributed by atoms with Crippen LogP contribution in [0.5, 0.6) is 11.5 Å². The van der Waals surface area contributed by atoms with Gasteiger partial charge in [0.05, 0.1) is 24.2 Å². The largest absolute Gasteiger partial charge is 0.490 e. The Morgan fingerprint density at radius 2 is 1.72 bits per heavy atom. The van der Waals surface area contributed by atoms with Gasteiger partial charge in [0.25, 0.3) is 0 Å². The Morgan fingerprint density at radius 3 is 2.41 bits per heavy atom. The third-order valence-corrected chi connectivity index (χ3v) is 7.82. The number of benzene rings is 2. The molecule has 1 N–H and O–H groups in total. The van der Waals surface area contributed by atoms with E-state index in [2.05, 4.69) is 5.32 Å². The summed E-state index contributed by atoms with van der Waals surface area (Å²) in [4.78, 5) is 12.9.